The summed E-state index contributed by atoms with van der Waals surface area (Å²) >= 11 is 0. The number of rotatable bonds is 6. The van der Waals surface area contributed by atoms with Gasteiger partial charge in [-0.25, -0.2) is 13.8 Å². The normalized spacial score (nSPS) is 17.5. The zero-order chi connectivity index (χ0) is 20.5. The highest BCUT2D eigenvalue weighted by Crippen LogP contribution is 2.28. The summed E-state index contributed by atoms with van der Waals surface area (Å²) in [6.45, 7) is 4.56. The summed E-state index contributed by atoms with van der Waals surface area (Å²) in [6.07, 6.45) is 5.48. The number of imidazole rings is 1. The number of aryl methyl sites for hydroxylation is 2. The number of nitrogens with zero attached hydrogens (tertiary/aromatic N) is 3. The topological polar surface area (TPSA) is 30.3 Å². The lowest BCUT2D eigenvalue weighted by atomic mass is 9.94. The molecule has 6 heteroatoms. The van der Waals surface area contributed by atoms with Crippen molar-refractivity contribution >= 4 is 11.0 Å². The first-order valence-electron chi connectivity index (χ1n) is 10.9. The van der Waals surface area contributed by atoms with Crippen LogP contribution in [0.1, 0.15) is 37.1 Å². The van der Waals surface area contributed by atoms with Crippen LogP contribution in [-0.2, 0) is 19.5 Å². The first-order valence-corrected chi connectivity index (χ1v) is 10.9. The van der Waals surface area contributed by atoms with Crippen molar-refractivity contribution in [3.8, 4) is 5.75 Å². The SMILES string of the molecule is Fc1cc(F)cc(OCCC2CCN(Cc3nc4cccc5c4n3CCC5)CC2)c1. The van der Waals surface area contributed by atoms with Crippen molar-refractivity contribution < 1.29 is 13.5 Å². The second-order valence-corrected chi connectivity index (χ2v) is 8.53. The molecule has 1 saturated heterocycles. The Morgan fingerprint density at radius 2 is 1.83 bits per heavy atom. The highest BCUT2D eigenvalue weighted by atomic mass is 19.1. The number of halogens is 2. The molecule has 1 fully saturated rings. The van der Waals surface area contributed by atoms with Crippen LogP contribution in [0.15, 0.2) is 36.4 Å². The van der Waals surface area contributed by atoms with Crippen LogP contribution in [0.3, 0.4) is 0 Å². The fourth-order valence-corrected chi connectivity index (χ4v) is 4.89. The Bertz CT molecular complexity index is 1020. The quantitative estimate of drug-likeness (QED) is 0.575. The Labute approximate surface area is 175 Å². The largest absolute Gasteiger partial charge is 0.493 e. The third-order valence-corrected chi connectivity index (χ3v) is 6.46. The number of benzene rings is 2. The van der Waals surface area contributed by atoms with E-state index in [1.54, 1.807) is 0 Å². The molecule has 3 aromatic rings. The minimum Gasteiger partial charge on any atom is -0.493 e. The van der Waals surface area contributed by atoms with Gasteiger partial charge in [-0.1, -0.05) is 12.1 Å². The minimum absolute atomic E-state index is 0.268. The Hall–Kier alpha value is -2.47. The van der Waals surface area contributed by atoms with Crippen LogP contribution < -0.4 is 4.74 Å². The van der Waals surface area contributed by atoms with E-state index in [4.69, 9.17) is 9.72 Å². The van der Waals surface area contributed by atoms with Gasteiger partial charge in [-0.05, 0) is 62.7 Å². The summed E-state index contributed by atoms with van der Waals surface area (Å²) in [5.41, 5.74) is 3.89. The van der Waals surface area contributed by atoms with Gasteiger partial charge in [0.05, 0.1) is 24.2 Å². The van der Waals surface area contributed by atoms with E-state index in [2.05, 4.69) is 27.7 Å². The van der Waals surface area contributed by atoms with Crippen molar-refractivity contribution in [3.63, 3.8) is 0 Å². The standard InChI is InChI=1S/C24H27F2N3O/c25-19-13-20(26)15-21(14-19)30-12-8-17-6-10-28(11-7-17)16-23-27-22-5-1-3-18-4-2-9-29(23)24(18)22/h1,3,5,13-15,17H,2,4,6-12,16H2. The molecule has 1 aromatic heterocycles. The van der Waals surface area contributed by atoms with Gasteiger partial charge in [-0.3, -0.25) is 4.90 Å². The molecule has 2 aliphatic rings. The zero-order valence-corrected chi connectivity index (χ0v) is 17.1. The van der Waals surface area contributed by atoms with Gasteiger partial charge >= 0.3 is 0 Å². The second-order valence-electron chi connectivity index (χ2n) is 8.53. The van der Waals surface area contributed by atoms with E-state index in [0.29, 0.717) is 12.5 Å². The monoisotopic (exact) mass is 411 g/mol. The highest BCUT2D eigenvalue weighted by Gasteiger charge is 2.23. The third kappa shape index (κ3) is 4.06. The predicted molar refractivity (Wildman–Crippen MR) is 113 cm³/mol. The Morgan fingerprint density at radius 3 is 2.63 bits per heavy atom. The van der Waals surface area contributed by atoms with Crippen molar-refractivity contribution in [3.05, 3.63) is 59.4 Å². The van der Waals surface area contributed by atoms with Crippen molar-refractivity contribution in [1.29, 1.82) is 0 Å². The van der Waals surface area contributed by atoms with Crippen LogP contribution in [0, 0.1) is 17.6 Å². The number of para-hydroxylation sites is 1. The van der Waals surface area contributed by atoms with E-state index in [1.807, 2.05) is 0 Å². The average molecular weight is 411 g/mol. The zero-order valence-electron chi connectivity index (χ0n) is 17.1. The first-order chi connectivity index (χ1) is 14.7. The van der Waals surface area contributed by atoms with E-state index < -0.39 is 11.6 Å². The molecule has 30 heavy (non-hydrogen) atoms. The van der Waals surface area contributed by atoms with Crippen LogP contribution in [0.2, 0.25) is 0 Å². The summed E-state index contributed by atoms with van der Waals surface area (Å²) in [5, 5.41) is 0. The average Bonchev–Trinajstić information content (AvgIpc) is 3.08. The number of piperidine rings is 1. The molecule has 2 aliphatic heterocycles. The predicted octanol–water partition coefficient (Wildman–Crippen LogP) is 4.94. The van der Waals surface area contributed by atoms with E-state index in [0.717, 1.165) is 63.4 Å². The molecule has 0 radical (unpaired) electrons. The Balaban J connectivity index is 1.14. The number of ether oxygens (including phenoxy) is 1. The van der Waals surface area contributed by atoms with Gasteiger partial charge in [0.25, 0.3) is 0 Å². The van der Waals surface area contributed by atoms with Gasteiger partial charge in [0.2, 0.25) is 0 Å². The van der Waals surface area contributed by atoms with E-state index in [9.17, 15) is 8.78 Å². The van der Waals surface area contributed by atoms with E-state index >= 15 is 0 Å². The second kappa shape index (κ2) is 8.34. The molecule has 0 N–H and O–H groups in total. The van der Waals surface area contributed by atoms with Crippen LogP contribution >= 0.6 is 0 Å². The summed E-state index contributed by atoms with van der Waals surface area (Å²) in [7, 11) is 0. The van der Waals surface area contributed by atoms with Crippen molar-refractivity contribution in [1.82, 2.24) is 14.5 Å². The van der Waals surface area contributed by atoms with Gasteiger partial charge < -0.3 is 9.30 Å². The summed E-state index contributed by atoms with van der Waals surface area (Å²) in [5.74, 6) is 0.841. The number of hydrogen-bond donors (Lipinski definition) is 0. The number of hydrogen-bond acceptors (Lipinski definition) is 3. The van der Waals surface area contributed by atoms with Crippen LogP contribution in [0.25, 0.3) is 11.0 Å². The highest BCUT2D eigenvalue weighted by molar-refractivity contribution is 5.80. The minimum atomic E-state index is -0.601. The van der Waals surface area contributed by atoms with Gasteiger partial charge in [0.15, 0.2) is 0 Å². The maximum Gasteiger partial charge on any atom is 0.129 e. The molecule has 2 aromatic carbocycles. The molecule has 0 bridgehead atoms. The third-order valence-electron chi connectivity index (χ3n) is 6.46. The Kier molecular flexibility index (Phi) is 5.42. The molecule has 0 aliphatic carbocycles. The van der Waals surface area contributed by atoms with Crippen LogP contribution in [0.4, 0.5) is 8.78 Å². The molecule has 3 heterocycles. The summed E-state index contributed by atoms with van der Waals surface area (Å²) in [6, 6.07) is 9.81. The van der Waals surface area contributed by atoms with E-state index in [1.165, 1.54) is 35.5 Å². The maximum absolute atomic E-state index is 13.2. The molecule has 158 valence electrons. The number of likely N-dealkylation sites (tertiary alicyclic amines) is 1. The Morgan fingerprint density at radius 1 is 1.03 bits per heavy atom. The molecular weight excluding hydrogens is 384 g/mol. The molecule has 5 rings (SSSR count). The molecule has 0 unspecified atom stereocenters. The van der Waals surface area contributed by atoms with Gasteiger partial charge in [0, 0.05) is 24.7 Å². The molecule has 0 saturated carbocycles. The van der Waals surface area contributed by atoms with Gasteiger partial charge in [-0.15, -0.1) is 0 Å². The summed E-state index contributed by atoms with van der Waals surface area (Å²) < 4.78 is 34.5. The molecular formula is C24H27F2N3O. The fourth-order valence-electron chi connectivity index (χ4n) is 4.89. The molecule has 0 spiro atoms. The smallest absolute Gasteiger partial charge is 0.129 e. The lowest BCUT2D eigenvalue weighted by Gasteiger charge is -2.32. The summed E-state index contributed by atoms with van der Waals surface area (Å²) in [4.78, 5) is 7.43. The molecule has 0 amide bonds. The number of aromatic nitrogens is 2. The van der Waals surface area contributed by atoms with Crippen molar-refractivity contribution in [2.24, 2.45) is 5.92 Å². The molecule has 4 nitrogen and oxygen atoms in total. The maximum atomic E-state index is 13.2. The lowest BCUT2D eigenvalue weighted by molar-refractivity contribution is 0.153. The van der Waals surface area contributed by atoms with Crippen LogP contribution in [-0.4, -0.2) is 34.1 Å². The van der Waals surface area contributed by atoms with Crippen molar-refractivity contribution in [2.45, 2.75) is 45.2 Å². The van der Waals surface area contributed by atoms with Gasteiger partial charge in [0.1, 0.15) is 23.2 Å². The fraction of sp³-hybridized carbons (Fsp3) is 0.458. The van der Waals surface area contributed by atoms with E-state index in [-0.39, 0.29) is 5.75 Å². The molecule has 0 atom stereocenters. The lowest BCUT2D eigenvalue weighted by Crippen LogP contribution is -2.34. The first kappa shape index (κ1) is 19.5. The van der Waals surface area contributed by atoms with Crippen LogP contribution in [0.5, 0.6) is 5.75 Å². The van der Waals surface area contributed by atoms with Crippen molar-refractivity contribution in [2.75, 3.05) is 19.7 Å². The van der Waals surface area contributed by atoms with Gasteiger partial charge in [-0.2, -0.15) is 0 Å².